The SMILES string of the molecule is CCCC(NC(=O)CN(CCC#N)Cc1ccco1)c1ccccc1. The normalized spacial score (nSPS) is 11.9. The van der Waals surface area contributed by atoms with Gasteiger partial charge in [0.2, 0.25) is 5.91 Å². The van der Waals surface area contributed by atoms with Crippen molar-refractivity contribution in [1.29, 1.82) is 5.26 Å². The molecule has 5 heteroatoms. The first-order valence-electron chi connectivity index (χ1n) is 8.69. The summed E-state index contributed by atoms with van der Waals surface area (Å²) in [6.45, 7) is 3.41. The van der Waals surface area contributed by atoms with Crippen molar-refractivity contribution < 1.29 is 9.21 Å². The van der Waals surface area contributed by atoms with Gasteiger partial charge in [0.15, 0.2) is 0 Å². The van der Waals surface area contributed by atoms with Gasteiger partial charge in [0.1, 0.15) is 5.76 Å². The first-order chi connectivity index (χ1) is 12.2. The van der Waals surface area contributed by atoms with Gasteiger partial charge in [-0.1, -0.05) is 43.7 Å². The molecular weight excluding hydrogens is 314 g/mol. The van der Waals surface area contributed by atoms with Crippen LogP contribution in [0.1, 0.15) is 43.6 Å². The van der Waals surface area contributed by atoms with Crippen molar-refractivity contribution in [3.05, 3.63) is 60.1 Å². The Morgan fingerprint density at radius 1 is 1.28 bits per heavy atom. The molecule has 25 heavy (non-hydrogen) atoms. The van der Waals surface area contributed by atoms with Crippen LogP contribution in [0.25, 0.3) is 0 Å². The lowest BCUT2D eigenvalue weighted by Crippen LogP contribution is -2.39. The van der Waals surface area contributed by atoms with Crippen LogP contribution in [0.5, 0.6) is 0 Å². The minimum atomic E-state index is -0.0354. The van der Waals surface area contributed by atoms with E-state index in [9.17, 15) is 4.79 Å². The van der Waals surface area contributed by atoms with Gasteiger partial charge in [-0.2, -0.15) is 5.26 Å². The van der Waals surface area contributed by atoms with Crippen molar-refractivity contribution in [3.63, 3.8) is 0 Å². The van der Waals surface area contributed by atoms with E-state index in [0.29, 0.717) is 19.5 Å². The van der Waals surface area contributed by atoms with Crippen LogP contribution in [0.2, 0.25) is 0 Å². The Balaban J connectivity index is 1.97. The van der Waals surface area contributed by atoms with Crippen molar-refractivity contribution in [3.8, 4) is 6.07 Å². The minimum absolute atomic E-state index is 0.0140. The van der Waals surface area contributed by atoms with Crippen molar-refractivity contribution >= 4 is 5.91 Å². The quantitative estimate of drug-likeness (QED) is 0.717. The molecule has 0 saturated heterocycles. The predicted octanol–water partition coefficient (Wildman–Crippen LogP) is 3.65. The summed E-state index contributed by atoms with van der Waals surface area (Å²) in [6, 6.07) is 15.9. The summed E-state index contributed by atoms with van der Waals surface area (Å²) < 4.78 is 5.36. The average molecular weight is 339 g/mol. The fourth-order valence-electron chi connectivity index (χ4n) is 2.78. The Bertz CT molecular complexity index is 662. The van der Waals surface area contributed by atoms with E-state index in [1.54, 1.807) is 6.26 Å². The fourth-order valence-corrected chi connectivity index (χ4v) is 2.78. The van der Waals surface area contributed by atoms with E-state index < -0.39 is 0 Å². The van der Waals surface area contributed by atoms with Crippen molar-refractivity contribution in [1.82, 2.24) is 10.2 Å². The minimum Gasteiger partial charge on any atom is -0.468 e. The number of hydrogen-bond donors (Lipinski definition) is 1. The maximum Gasteiger partial charge on any atom is 0.234 e. The third-order valence-electron chi connectivity index (χ3n) is 3.98. The smallest absolute Gasteiger partial charge is 0.234 e. The molecule has 5 nitrogen and oxygen atoms in total. The average Bonchev–Trinajstić information content (AvgIpc) is 3.13. The van der Waals surface area contributed by atoms with E-state index in [-0.39, 0.29) is 18.5 Å². The summed E-state index contributed by atoms with van der Waals surface area (Å²) in [6.07, 6.45) is 3.88. The predicted molar refractivity (Wildman–Crippen MR) is 96.4 cm³/mol. The molecule has 2 rings (SSSR count). The Morgan fingerprint density at radius 3 is 2.72 bits per heavy atom. The lowest BCUT2D eigenvalue weighted by Gasteiger charge is -2.23. The molecule has 1 unspecified atom stereocenters. The monoisotopic (exact) mass is 339 g/mol. The summed E-state index contributed by atoms with van der Waals surface area (Å²) in [7, 11) is 0. The van der Waals surface area contributed by atoms with Crippen molar-refractivity contribution in [2.75, 3.05) is 13.1 Å². The summed E-state index contributed by atoms with van der Waals surface area (Å²) >= 11 is 0. The second-order valence-electron chi connectivity index (χ2n) is 6.02. The van der Waals surface area contributed by atoms with Gasteiger partial charge in [-0.15, -0.1) is 0 Å². The number of carbonyl (C=O) groups excluding carboxylic acids is 1. The molecule has 132 valence electrons. The molecule has 1 aromatic carbocycles. The van der Waals surface area contributed by atoms with Gasteiger partial charge in [0.25, 0.3) is 0 Å². The van der Waals surface area contributed by atoms with Crippen LogP contribution >= 0.6 is 0 Å². The number of nitriles is 1. The van der Waals surface area contributed by atoms with Crippen molar-refractivity contribution in [2.45, 2.75) is 38.8 Å². The highest BCUT2D eigenvalue weighted by Crippen LogP contribution is 2.18. The lowest BCUT2D eigenvalue weighted by molar-refractivity contribution is -0.123. The summed E-state index contributed by atoms with van der Waals surface area (Å²) in [5.41, 5.74) is 1.12. The van der Waals surface area contributed by atoms with E-state index in [4.69, 9.17) is 9.68 Å². The first kappa shape index (κ1) is 18.8. The van der Waals surface area contributed by atoms with Gasteiger partial charge in [0.05, 0.1) is 31.5 Å². The topological polar surface area (TPSA) is 69.3 Å². The molecule has 1 heterocycles. The number of benzene rings is 1. The Morgan fingerprint density at radius 2 is 2.08 bits per heavy atom. The van der Waals surface area contributed by atoms with Crippen LogP contribution in [0.4, 0.5) is 0 Å². The molecule has 0 bridgehead atoms. The number of nitrogens with zero attached hydrogens (tertiary/aromatic N) is 2. The van der Waals surface area contributed by atoms with E-state index in [0.717, 1.165) is 24.2 Å². The molecule has 0 spiro atoms. The standard InChI is InChI=1S/C20H25N3O2/c1-2-8-19(17-9-4-3-5-10-17)22-20(24)16-23(13-7-12-21)15-18-11-6-14-25-18/h3-6,9-11,14,19H,2,7-8,13,15-16H2,1H3,(H,22,24). The van der Waals surface area contributed by atoms with Crippen LogP contribution in [-0.4, -0.2) is 23.9 Å². The van der Waals surface area contributed by atoms with E-state index >= 15 is 0 Å². The number of amides is 1. The number of hydrogen-bond acceptors (Lipinski definition) is 4. The van der Waals surface area contributed by atoms with Crippen LogP contribution in [0.15, 0.2) is 53.1 Å². The molecule has 0 radical (unpaired) electrons. The zero-order valence-electron chi connectivity index (χ0n) is 14.6. The van der Waals surface area contributed by atoms with Gasteiger partial charge in [0, 0.05) is 13.0 Å². The fraction of sp³-hybridized carbons (Fsp3) is 0.400. The molecule has 1 amide bonds. The molecule has 0 aliphatic heterocycles. The first-order valence-corrected chi connectivity index (χ1v) is 8.69. The van der Waals surface area contributed by atoms with Gasteiger partial charge in [-0.05, 0) is 24.1 Å². The van der Waals surface area contributed by atoms with Crippen LogP contribution in [-0.2, 0) is 11.3 Å². The maximum atomic E-state index is 12.5. The molecular formula is C20H25N3O2. The summed E-state index contributed by atoms with van der Waals surface area (Å²) in [5.74, 6) is 0.755. The molecule has 1 N–H and O–H groups in total. The molecule has 1 atom stereocenters. The molecule has 0 aliphatic carbocycles. The highest BCUT2D eigenvalue weighted by Gasteiger charge is 2.17. The Hall–Kier alpha value is -2.58. The number of furan rings is 1. The molecule has 0 fully saturated rings. The number of carbonyl (C=O) groups is 1. The third-order valence-corrected chi connectivity index (χ3v) is 3.98. The summed E-state index contributed by atoms with van der Waals surface area (Å²) in [4.78, 5) is 14.5. The van der Waals surface area contributed by atoms with Gasteiger partial charge >= 0.3 is 0 Å². The molecule has 1 aromatic heterocycles. The zero-order valence-corrected chi connectivity index (χ0v) is 14.6. The van der Waals surface area contributed by atoms with E-state index in [1.165, 1.54) is 0 Å². The van der Waals surface area contributed by atoms with Crippen LogP contribution in [0, 0.1) is 11.3 Å². The number of rotatable bonds is 10. The molecule has 0 saturated carbocycles. The Kier molecular flexibility index (Phi) is 7.74. The largest absolute Gasteiger partial charge is 0.468 e. The second-order valence-corrected chi connectivity index (χ2v) is 6.02. The third kappa shape index (κ3) is 6.44. The zero-order chi connectivity index (χ0) is 17.9. The summed E-state index contributed by atoms with van der Waals surface area (Å²) in [5, 5.41) is 12.0. The van der Waals surface area contributed by atoms with Crippen molar-refractivity contribution in [2.24, 2.45) is 0 Å². The second kappa shape index (κ2) is 10.3. The lowest BCUT2D eigenvalue weighted by atomic mass is 10.0. The van der Waals surface area contributed by atoms with E-state index in [1.807, 2.05) is 47.4 Å². The highest BCUT2D eigenvalue weighted by atomic mass is 16.3. The van der Waals surface area contributed by atoms with E-state index in [2.05, 4.69) is 18.3 Å². The van der Waals surface area contributed by atoms with Gasteiger partial charge in [-0.3, -0.25) is 9.69 Å². The maximum absolute atomic E-state index is 12.5. The van der Waals surface area contributed by atoms with Gasteiger partial charge < -0.3 is 9.73 Å². The highest BCUT2D eigenvalue weighted by molar-refractivity contribution is 5.78. The molecule has 0 aliphatic rings. The van der Waals surface area contributed by atoms with Crippen LogP contribution in [0.3, 0.4) is 0 Å². The number of nitrogens with one attached hydrogen (secondary N) is 1. The van der Waals surface area contributed by atoms with Crippen LogP contribution < -0.4 is 5.32 Å². The molecule has 2 aromatic rings. The van der Waals surface area contributed by atoms with Gasteiger partial charge in [-0.25, -0.2) is 0 Å². The Labute approximate surface area is 149 Å².